The maximum absolute atomic E-state index is 10.4. The van der Waals surface area contributed by atoms with Crippen LogP contribution in [0.1, 0.15) is 5.69 Å². The van der Waals surface area contributed by atoms with Gasteiger partial charge >= 0.3 is 0 Å². The van der Waals surface area contributed by atoms with Crippen LogP contribution in [0.3, 0.4) is 0 Å². The standard InChI is InChI=1S/C15H24N4O3/c1-12-2-3-14(18-17-12)19-7-13(8-19)6-16-9-15(20)10-21-4-5-22-11-15/h2-3,13,16,20H,4-11H2,1H3. The Morgan fingerprint density at radius 3 is 2.64 bits per heavy atom. The number of anilines is 1. The van der Waals surface area contributed by atoms with Gasteiger partial charge in [-0.1, -0.05) is 0 Å². The van der Waals surface area contributed by atoms with Crippen molar-refractivity contribution in [3.8, 4) is 0 Å². The summed E-state index contributed by atoms with van der Waals surface area (Å²) in [7, 11) is 0. The maximum Gasteiger partial charge on any atom is 0.151 e. The molecule has 3 rings (SSSR count). The highest BCUT2D eigenvalue weighted by Gasteiger charge is 2.31. The summed E-state index contributed by atoms with van der Waals surface area (Å²) in [6.45, 7) is 7.00. The quantitative estimate of drug-likeness (QED) is 0.765. The molecule has 0 saturated carbocycles. The van der Waals surface area contributed by atoms with E-state index in [0.29, 0.717) is 38.9 Å². The first-order chi connectivity index (χ1) is 10.6. The molecule has 2 fully saturated rings. The largest absolute Gasteiger partial charge is 0.384 e. The summed E-state index contributed by atoms with van der Waals surface area (Å²) in [6, 6.07) is 3.99. The fourth-order valence-corrected chi connectivity index (χ4v) is 2.74. The molecule has 3 heterocycles. The van der Waals surface area contributed by atoms with Crippen molar-refractivity contribution in [3.05, 3.63) is 17.8 Å². The summed E-state index contributed by atoms with van der Waals surface area (Å²) in [5.41, 5.74) is 0.0195. The van der Waals surface area contributed by atoms with E-state index in [1.54, 1.807) is 0 Å². The summed E-state index contributed by atoms with van der Waals surface area (Å²) >= 11 is 0. The summed E-state index contributed by atoms with van der Waals surface area (Å²) < 4.78 is 10.7. The van der Waals surface area contributed by atoms with Gasteiger partial charge in [0.2, 0.25) is 0 Å². The van der Waals surface area contributed by atoms with Crippen LogP contribution in [0.25, 0.3) is 0 Å². The average molecular weight is 308 g/mol. The number of hydrogen-bond acceptors (Lipinski definition) is 7. The van der Waals surface area contributed by atoms with Gasteiger partial charge in [-0.25, -0.2) is 0 Å². The molecule has 1 aromatic rings. The van der Waals surface area contributed by atoms with Crippen LogP contribution >= 0.6 is 0 Å². The molecular weight excluding hydrogens is 284 g/mol. The van der Waals surface area contributed by atoms with Gasteiger partial charge in [0, 0.05) is 32.1 Å². The molecule has 122 valence electrons. The van der Waals surface area contributed by atoms with E-state index in [1.807, 2.05) is 19.1 Å². The molecule has 22 heavy (non-hydrogen) atoms. The Labute approximate surface area is 130 Å². The minimum Gasteiger partial charge on any atom is -0.384 e. The van der Waals surface area contributed by atoms with Crippen molar-refractivity contribution in [1.82, 2.24) is 15.5 Å². The topological polar surface area (TPSA) is 79.7 Å². The third kappa shape index (κ3) is 3.92. The third-order valence-corrected chi connectivity index (χ3v) is 4.07. The van der Waals surface area contributed by atoms with Gasteiger partial charge in [-0.2, -0.15) is 5.10 Å². The number of hydrogen-bond donors (Lipinski definition) is 2. The van der Waals surface area contributed by atoms with Crippen LogP contribution < -0.4 is 10.2 Å². The van der Waals surface area contributed by atoms with Gasteiger partial charge in [0.1, 0.15) is 5.60 Å². The van der Waals surface area contributed by atoms with Crippen molar-refractivity contribution in [2.75, 3.05) is 57.5 Å². The van der Waals surface area contributed by atoms with E-state index in [-0.39, 0.29) is 0 Å². The Morgan fingerprint density at radius 2 is 2.00 bits per heavy atom. The molecule has 7 nitrogen and oxygen atoms in total. The molecule has 1 aromatic heterocycles. The zero-order valence-electron chi connectivity index (χ0n) is 13.0. The monoisotopic (exact) mass is 308 g/mol. The molecule has 0 atom stereocenters. The van der Waals surface area contributed by atoms with Crippen molar-refractivity contribution in [1.29, 1.82) is 0 Å². The Hall–Kier alpha value is -1.28. The van der Waals surface area contributed by atoms with Crippen molar-refractivity contribution < 1.29 is 14.6 Å². The normalized spacial score (nSPS) is 22.2. The van der Waals surface area contributed by atoms with E-state index in [9.17, 15) is 5.11 Å². The van der Waals surface area contributed by atoms with Gasteiger partial charge in [0.25, 0.3) is 0 Å². The van der Waals surface area contributed by atoms with Crippen molar-refractivity contribution in [3.63, 3.8) is 0 Å². The Morgan fingerprint density at radius 1 is 1.27 bits per heavy atom. The van der Waals surface area contributed by atoms with Crippen LogP contribution in [0.15, 0.2) is 12.1 Å². The zero-order chi connectivity index (χ0) is 15.4. The highest BCUT2D eigenvalue weighted by atomic mass is 16.6. The molecule has 0 radical (unpaired) electrons. The predicted molar refractivity (Wildman–Crippen MR) is 81.9 cm³/mol. The molecular formula is C15H24N4O3. The first kappa shape index (κ1) is 15.6. The fraction of sp³-hybridized carbons (Fsp3) is 0.733. The number of ether oxygens (including phenoxy) is 2. The van der Waals surface area contributed by atoms with Crippen molar-refractivity contribution in [2.45, 2.75) is 12.5 Å². The van der Waals surface area contributed by atoms with Crippen molar-refractivity contribution in [2.24, 2.45) is 5.92 Å². The van der Waals surface area contributed by atoms with Crippen LogP contribution in [-0.2, 0) is 9.47 Å². The highest BCUT2D eigenvalue weighted by molar-refractivity contribution is 5.40. The van der Waals surface area contributed by atoms with Crippen LogP contribution in [-0.4, -0.2) is 73.5 Å². The zero-order valence-corrected chi connectivity index (χ0v) is 13.0. The molecule has 0 unspecified atom stereocenters. The van der Waals surface area contributed by atoms with E-state index in [1.165, 1.54) is 0 Å². The van der Waals surface area contributed by atoms with Crippen LogP contribution in [0.5, 0.6) is 0 Å². The molecule has 0 bridgehead atoms. The number of aryl methyl sites for hydroxylation is 1. The second-order valence-electron chi connectivity index (χ2n) is 6.26. The summed E-state index contributed by atoms with van der Waals surface area (Å²) in [6.07, 6.45) is 0. The SMILES string of the molecule is Cc1ccc(N2CC(CNCC3(O)COCCOC3)C2)nn1. The number of nitrogens with one attached hydrogen (secondary N) is 1. The Balaban J connectivity index is 1.37. The molecule has 0 amide bonds. The molecule has 0 aromatic carbocycles. The fourth-order valence-electron chi connectivity index (χ4n) is 2.74. The van der Waals surface area contributed by atoms with Gasteiger partial charge in [-0.3, -0.25) is 0 Å². The Kier molecular flexibility index (Phi) is 4.87. The number of aromatic nitrogens is 2. The van der Waals surface area contributed by atoms with Crippen LogP contribution in [0.2, 0.25) is 0 Å². The first-order valence-corrected chi connectivity index (χ1v) is 7.78. The third-order valence-electron chi connectivity index (χ3n) is 4.07. The second kappa shape index (κ2) is 6.87. The smallest absolute Gasteiger partial charge is 0.151 e. The lowest BCUT2D eigenvalue weighted by Crippen LogP contribution is -2.54. The van der Waals surface area contributed by atoms with E-state index in [0.717, 1.165) is 31.1 Å². The van der Waals surface area contributed by atoms with Gasteiger partial charge in [-0.15, -0.1) is 5.10 Å². The Bertz CT molecular complexity index is 468. The highest BCUT2D eigenvalue weighted by Crippen LogP contribution is 2.21. The summed E-state index contributed by atoms with van der Waals surface area (Å²) in [5, 5.41) is 22.0. The van der Waals surface area contributed by atoms with Crippen LogP contribution in [0.4, 0.5) is 5.82 Å². The van der Waals surface area contributed by atoms with E-state index >= 15 is 0 Å². The lowest BCUT2D eigenvalue weighted by atomic mass is 9.99. The maximum atomic E-state index is 10.4. The van der Waals surface area contributed by atoms with Gasteiger partial charge in [-0.05, 0) is 19.1 Å². The minimum absolute atomic E-state index is 0.329. The lowest BCUT2D eigenvalue weighted by Gasteiger charge is -2.40. The van der Waals surface area contributed by atoms with Gasteiger partial charge < -0.3 is 24.8 Å². The summed E-state index contributed by atoms with van der Waals surface area (Å²) in [5.74, 6) is 1.50. The number of aliphatic hydroxyl groups is 1. The molecule has 7 heteroatoms. The van der Waals surface area contributed by atoms with Crippen molar-refractivity contribution >= 4 is 5.82 Å². The number of nitrogens with zero attached hydrogens (tertiary/aromatic N) is 3. The molecule has 2 N–H and O–H groups in total. The molecule has 0 aliphatic carbocycles. The first-order valence-electron chi connectivity index (χ1n) is 7.78. The molecule has 2 aliphatic heterocycles. The van der Waals surface area contributed by atoms with E-state index in [2.05, 4.69) is 20.4 Å². The second-order valence-corrected chi connectivity index (χ2v) is 6.26. The lowest BCUT2D eigenvalue weighted by molar-refractivity contribution is -0.0534. The van der Waals surface area contributed by atoms with Gasteiger partial charge in [0.05, 0.1) is 32.1 Å². The molecule has 0 spiro atoms. The van der Waals surface area contributed by atoms with Gasteiger partial charge in [0.15, 0.2) is 5.82 Å². The molecule has 2 saturated heterocycles. The van der Waals surface area contributed by atoms with E-state index in [4.69, 9.17) is 9.47 Å². The predicted octanol–water partition coefficient (Wildman–Crippen LogP) is -0.411. The van der Waals surface area contributed by atoms with E-state index < -0.39 is 5.60 Å². The average Bonchev–Trinajstić information content (AvgIpc) is 2.68. The van der Waals surface area contributed by atoms with Crippen LogP contribution in [0, 0.1) is 12.8 Å². The summed E-state index contributed by atoms with van der Waals surface area (Å²) in [4.78, 5) is 2.21. The molecule has 2 aliphatic rings. The minimum atomic E-state index is -0.914. The number of rotatable bonds is 5.